The number of halogens is 1. The Labute approximate surface area is 161 Å². The molecule has 0 spiro atoms. The maximum Gasteiger partial charge on any atom is 0.0934 e. The van der Waals surface area contributed by atoms with E-state index in [0.29, 0.717) is 29.3 Å². The summed E-state index contributed by atoms with van der Waals surface area (Å²) in [6, 6.07) is 0.924. The first-order valence-corrected chi connectivity index (χ1v) is 10.3. The van der Waals surface area contributed by atoms with E-state index >= 15 is 0 Å². The molecule has 24 heavy (non-hydrogen) atoms. The standard InChI is InChI=1S/C17H36IN3O3/c1-13(2)21-10-16-12-23-15(11-24-16)9-14(3)19-6-5-17(18)20-7-8-22-4/h13-17,19-21H,5-12H2,1-4H3. The number of nitrogens with one attached hydrogen (secondary N) is 3. The van der Waals surface area contributed by atoms with Crippen molar-refractivity contribution in [1.29, 1.82) is 0 Å². The molecule has 7 heteroatoms. The van der Waals surface area contributed by atoms with Crippen LogP contribution < -0.4 is 16.0 Å². The van der Waals surface area contributed by atoms with Crippen LogP contribution in [0.4, 0.5) is 0 Å². The summed E-state index contributed by atoms with van der Waals surface area (Å²) in [7, 11) is 1.73. The largest absolute Gasteiger partial charge is 0.383 e. The van der Waals surface area contributed by atoms with Crippen LogP contribution in [-0.2, 0) is 14.2 Å². The molecule has 0 saturated carbocycles. The zero-order chi connectivity index (χ0) is 17.8. The van der Waals surface area contributed by atoms with Gasteiger partial charge in [-0.2, -0.15) is 0 Å². The van der Waals surface area contributed by atoms with E-state index in [-0.39, 0.29) is 12.2 Å². The average Bonchev–Trinajstić information content (AvgIpc) is 2.54. The van der Waals surface area contributed by atoms with Crippen molar-refractivity contribution in [2.75, 3.05) is 46.6 Å². The molecule has 144 valence electrons. The van der Waals surface area contributed by atoms with Crippen LogP contribution in [0.25, 0.3) is 0 Å². The summed E-state index contributed by atoms with van der Waals surface area (Å²) in [5.74, 6) is 0. The van der Waals surface area contributed by atoms with Gasteiger partial charge in [-0.25, -0.2) is 0 Å². The quantitative estimate of drug-likeness (QED) is 0.169. The fourth-order valence-electron chi connectivity index (χ4n) is 2.56. The minimum atomic E-state index is 0.185. The fourth-order valence-corrected chi connectivity index (χ4v) is 3.18. The number of alkyl halides is 1. The van der Waals surface area contributed by atoms with Crippen LogP contribution in [0.2, 0.25) is 0 Å². The molecule has 1 aliphatic rings. The van der Waals surface area contributed by atoms with E-state index in [1.54, 1.807) is 7.11 Å². The van der Waals surface area contributed by atoms with Crippen LogP contribution in [0.3, 0.4) is 0 Å². The Hall–Kier alpha value is 0.490. The van der Waals surface area contributed by atoms with E-state index < -0.39 is 0 Å². The third-order valence-electron chi connectivity index (χ3n) is 3.97. The lowest BCUT2D eigenvalue weighted by Gasteiger charge is -2.31. The highest BCUT2D eigenvalue weighted by Gasteiger charge is 2.23. The van der Waals surface area contributed by atoms with E-state index in [4.69, 9.17) is 14.2 Å². The van der Waals surface area contributed by atoms with Crippen molar-refractivity contribution in [2.24, 2.45) is 0 Å². The zero-order valence-corrected chi connectivity index (χ0v) is 17.8. The summed E-state index contributed by atoms with van der Waals surface area (Å²) in [6.45, 7) is 11.4. The molecule has 0 bridgehead atoms. The Morgan fingerprint density at radius 1 is 1.04 bits per heavy atom. The van der Waals surface area contributed by atoms with Gasteiger partial charge in [0.1, 0.15) is 0 Å². The van der Waals surface area contributed by atoms with E-state index in [2.05, 4.69) is 59.3 Å². The number of rotatable bonds is 13. The van der Waals surface area contributed by atoms with Crippen LogP contribution in [-0.4, -0.2) is 74.9 Å². The van der Waals surface area contributed by atoms with Crippen molar-refractivity contribution in [3.05, 3.63) is 0 Å². The molecule has 1 aliphatic heterocycles. The molecule has 1 heterocycles. The smallest absolute Gasteiger partial charge is 0.0934 e. The Kier molecular flexibility index (Phi) is 12.8. The molecule has 1 saturated heterocycles. The normalized spacial score (nSPS) is 24.2. The van der Waals surface area contributed by atoms with Gasteiger partial charge in [-0.05, 0) is 26.3 Å². The van der Waals surface area contributed by atoms with Crippen LogP contribution >= 0.6 is 22.6 Å². The van der Waals surface area contributed by atoms with Crippen molar-refractivity contribution >= 4 is 22.6 Å². The van der Waals surface area contributed by atoms with Crippen LogP contribution in [0.1, 0.15) is 33.6 Å². The maximum absolute atomic E-state index is 5.95. The van der Waals surface area contributed by atoms with Gasteiger partial charge in [0.2, 0.25) is 0 Å². The van der Waals surface area contributed by atoms with E-state index in [9.17, 15) is 0 Å². The molecule has 4 atom stereocenters. The van der Waals surface area contributed by atoms with Crippen LogP contribution in [0, 0.1) is 0 Å². The minimum Gasteiger partial charge on any atom is -0.383 e. The van der Waals surface area contributed by atoms with E-state index in [1.807, 2.05) is 0 Å². The topological polar surface area (TPSA) is 63.8 Å². The summed E-state index contributed by atoms with van der Waals surface area (Å²) in [5, 5.41) is 10.4. The number of hydrogen-bond donors (Lipinski definition) is 3. The summed E-state index contributed by atoms with van der Waals surface area (Å²) >= 11 is 2.44. The fraction of sp³-hybridized carbons (Fsp3) is 1.00. The molecule has 1 fully saturated rings. The number of ether oxygens (including phenoxy) is 3. The highest BCUT2D eigenvalue weighted by Crippen LogP contribution is 2.12. The van der Waals surface area contributed by atoms with Crippen molar-refractivity contribution in [1.82, 2.24) is 16.0 Å². The Morgan fingerprint density at radius 3 is 2.38 bits per heavy atom. The average molecular weight is 457 g/mol. The summed E-state index contributed by atoms with van der Waals surface area (Å²) in [4.78, 5) is 0. The first kappa shape index (κ1) is 22.5. The molecule has 6 nitrogen and oxygen atoms in total. The van der Waals surface area contributed by atoms with Gasteiger partial charge in [0.05, 0.1) is 36.1 Å². The summed E-state index contributed by atoms with van der Waals surface area (Å²) in [6.07, 6.45) is 2.48. The van der Waals surface area contributed by atoms with E-state index in [0.717, 1.165) is 39.1 Å². The molecule has 3 N–H and O–H groups in total. The molecule has 0 radical (unpaired) electrons. The van der Waals surface area contributed by atoms with Crippen molar-refractivity contribution in [2.45, 2.75) is 62.0 Å². The van der Waals surface area contributed by atoms with Crippen molar-refractivity contribution < 1.29 is 14.2 Å². The Morgan fingerprint density at radius 2 is 1.75 bits per heavy atom. The lowest BCUT2D eigenvalue weighted by atomic mass is 10.1. The molecule has 0 aromatic rings. The molecular weight excluding hydrogens is 421 g/mol. The molecular formula is C17H36IN3O3. The molecule has 1 rings (SSSR count). The van der Waals surface area contributed by atoms with Gasteiger partial charge in [0.15, 0.2) is 0 Å². The zero-order valence-electron chi connectivity index (χ0n) is 15.6. The molecule has 0 aliphatic carbocycles. The summed E-state index contributed by atoms with van der Waals surface area (Å²) in [5.41, 5.74) is 0. The first-order valence-electron chi connectivity index (χ1n) is 9.07. The van der Waals surface area contributed by atoms with Gasteiger partial charge in [-0.15, -0.1) is 0 Å². The van der Waals surface area contributed by atoms with Crippen molar-refractivity contribution in [3.63, 3.8) is 0 Å². The van der Waals surface area contributed by atoms with Gasteiger partial charge >= 0.3 is 0 Å². The lowest BCUT2D eigenvalue weighted by Crippen LogP contribution is -2.44. The Balaban J connectivity index is 2.04. The molecule has 0 aromatic heterocycles. The second-order valence-electron chi connectivity index (χ2n) is 6.77. The van der Waals surface area contributed by atoms with Gasteiger partial charge in [-0.3, -0.25) is 0 Å². The number of methoxy groups -OCH3 is 1. The van der Waals surface area contributed by atoms with Gasteiger partial charge in [0.25, 0.3) is 0 Å². The molecule has 0 amide bonds. The van der Waals surface area contributed by atoms with Gasteiger partial charge in [-0.1, -0.05) is 36.4 Å². The van der Waals surface area contributed by atoms with Crippen LogP contribution in [0.15, 0.2) is 0 Å². The highest BCUT2D eigenvalue weighted by atomic mass is 127. The predicted molar refractivity (Wildman–Crippen MR) is 107 cm³/mol. The van der Waals surface area contributed by atoms with Crippen LogP contribution in [0.5, 0.6) is 0 Å². The summed E-state index contributed by atoms with van der Waals surface area (Å²) < 4.78 is 17.4. The lowest BCUT2D eigenvalue weighted by molar-refractivity contribution is -0.135. The minimum absolute atomic E-state index is 0.185. The third kappa shape index (κ3) is 11.2. The second kappa shape index (κ2) is 13.7. The number of hydrogen-bond acceptors (Lipinski definition) is 6. The second-order valence-corrected chi connectivity index (χ2v) is 8.27. The Bertz CT molecular complexity index is 303. The van der Waals surface area contributed by atoms with Crippen molar-refractivity contribution in [3.8, 4) is 0 Å². The van der Waals surface area contributed by atoms with Gasteiger partial charge in [0, 0.05) is 32.3 Å². The third-order valence-corrected chi connectivity index (χ3v) is 5.03. The molecule has 4 unspecified atom stereocenters. The highest BCUT2D eigenvalue weighted by molar-refractivity contribution is 14.1. The monoisotopic (exact) mass is 457 g/mol. The maximum atomic E-state index is 5.95. The molecule has 0 aromatic carbocycles. The van der Waals surface area contributed by atoms with Gasteiger partial charge < -0.3 is 30.2 Å². The SMILES string of the molecule is COCCNC(I)CCNC(C)CC1COC(CNC(C)C)CO1. The van der Waals surface area contributed by atoms with E-state index in [1.165, 1.54) is 0 Å². The predicted octanol–water partition coefficient (Wildman–Crippen LogP) is 1.52. The first-order chi connectivity index (χ1) is 11.5.